The van der Waals surface area contributed by atoms with Crippen molar-refractivity contribution >= 4 is 33.8 Å². The zero-order chi connectivity index (χ0) is 17.0. The highest BCUT2D eigenvalue weighted by molar-refractivity contribution is 9.10. The van der Waals surface area contributed by atoms with E-state index in [1.165, 1.54) is 12.2 Å². The van der Waals surface area contributed by atoms with Gasteiger partial charge in [0.2, 0.25) is 5.78 Å². The molecule has 0 radical (unpaired) electrons. The molecule has 0 aliphatic heterocycles. The van der Waals surface area contributed by atoms with Crippen molar-refractivity contribution in [2.45, 2.75) is 26.9 Å². The molecule has 2 rings (SSSR count). The van der Waals surface area contributed by atoms with Crippen LogP contribution in [0.4, 0.5) is 0 Å². The lowest BCUT2D eigenvalue weighted by Gasteiger charge is -2.11. The van der Waals surface area contributed by atoms with Crippen molar-refractivity contribution in [2.75, 3.05) is 0 Å². The lowest BCUT2D eigenvalue weighted by molar-refractivity contribution is -0.140. The number of aryl methyl sites for hydroxylation is 2. The van der Waals surface area contributed by atoms with Crippen molar-refractivity contribution in [2.24, 2.45) is 0 Å². The molecule has 5 heteroatoms. The van der Waals surface area contributed by atoms with Crippen molar-refractivity contribution in [1.29, 1.82) is 0 Å². The van der Waals surface area contributed by atoms with Crippen molar-refractivity contribution in [3.63, 3.8) is 0 Å². The van der Waals surface area contributed by atoms with Gasteiger partial charge in [-0.2, -0.15) is 0 Å². The second-order valence-electron chi connectivity index (χ2n) is 5.22. The zero-order valence-corrected chi connectivity index (χ0v) is 14.7. The van der Waals surface area contributed by atoms with Gasteiger partial charge in [-0.3, -0.25) is 4.79 Å². The number of rotatable bonds is 5. The third-order valence-corrected chi connectivity index (χ3v) is 3.86. The van der Waals surface area contributed by atoms with Gasteiger partial charge in [0.25, 0.3) is 0 Å². The molecule has 1 unspecified atom stereocenters. The van der Waals surface area contributed by atoms with E-state index in [4.69, 9.17) is 9.15 Å². The summed E-state index contributed by atoms with van der Waals surface area (Å²) in [7, 11) is 0. The molecule has 0 bridgehead atoms. The minimum atomic E-state index is -0.849. The topological polar surface area (TPSA) is 56.5 Å². The van der Waals surface area contributed by atoms with E-state index in [1.807, 2.05) is 19.9 Å². The van der Waals surface area contributed by atoms with E-state index in [0.717, 1.165) is 11.1 Å². The molecule has 0 spiro atoms. The maximum atomic E-state index is 12.3. The molecule has 0 amide bonds. The number of ether oxygens (including phenoxy) is 1. The van der Waals surface area contributed by atoms with Gasteiger partial charge in [-0.25, -0.2) is 4.79 Å². The first-order valence-corrected chi connectivity index (χ1v) is 7.91. The maximum Gasteiger partial charge on any atom is 0.331 e. The van der Waals surface area contributed by atoms with Gasteiger partial charge in [0.15, 0.2) is 10.8 Å². The lowest BCUT2D eigenvalue weighted by Crippen LogP contribution is -2.23. The molecule has 0 N–H and O–H groups in total. The summed E-state index contributed by atoms with van der Waals surface area (Å²) in [6.07, 6.45) is 1.87. The Morgan fingerprint density at radius 1 is 1.17 bits per heavy atom. The molecule has 4 nitrogen and oxygen atoms in total. The Hall–Kier alpha value is -2.14. The molecule has 0 aliphatic rings. The van der Waals surface area contributed by atoms with Gasteiger partial charge in [0, 0.05) is 11.6 Å². The number of Topliss-reactive ketones (excluding diaryl/α,β-unsaturated/α-hetero) is 1. The third kappa shape index (κ3) is 4.66. The van der Waals surface area contributed by atoms with Crippen molar-refractivity contribution < 1.29 is 18.7 Å². The summed E-state index contributed by atoms with van der Waals surface area (Å²) in [6.45, 7) is 5.48. The van der Waals surface area contributed by atoms with Crippen LogP contribution in [0, 0.1) is 13.8 Å². The summed E-state index contributed by atoms with van der Waals surface area (Å²) in [5, 5.41) is 0. The van der Waals surface area contributed by atoms with Gasteiger partial charge in [-0.1, -0.05) is 12.1 Å². The number of hydrogen-bond donors (Lipinski definition) is 0. The van der Waals surface area contributed by atoms with Crippen LogP contribution in [-0.2, 0) is 9.53 Å². The van der Waals surface area contributed by atoms with E-state index < -0.39 is 12.1 Å². The molecule has 0 saturated carbocycles. The van der Waals surface area contributed by atoms with Crippen LogP contribution >= 0.6 is 15.9 Å². The fraction of sp³-hybridized carbons (Fsp3) is 0.222. The summed E-state index contributed by atoms with van der Waals surface area (Å²) < 4.78 is 10.9. The van der Waals surface area contributed by atoms with Crippen LogP contribution in [0.25, 0.3) is 6.08 Å². The Labute approximate surface area is 143 Å². The highest BCUT2D eigenvalue weighted by Gasteiger charge is 2.18. The summed E-state index contributed by atoms with van der Waals surface area (Å²) in [6, 6.07) is 8.85. The smallest absolute Gasteiger partial charge is 0.331 e. The molecular formula is C18H17BrO4. The van der Waals surface area contributed by atoms with Crippen LogP contribution in [0.15, 0.2) is 45.5 Å². The Balaban J connectivity index is 1.98. The average molecular weight is 377 g/mol. The second-order valence-corrected chi connectivity index (χ2v) is 6.00. The van der Waals surface area contributed by atoms with Gasteiger partial charge in [-0.15, -0.1) is 0 Å². The first-order valence-electron chi connectivity index (χ1n) is 7.12. The number of ketones is 1. The Morgan fingerprint density at radius 3 is 2.52 bits per heavy atom. The van der Waals surface area contributed by atoms with Crippen LogP contribution in [0.5, 0.6) is 0 Å². The van der Waals surface area contributed by atoms with Crippen LogP contribution in [0.3, 0.4) is 0 Å². The van der Waals surface area contributed by atoms with Gasteiger partial charge >= 0.3 is 5.97 Å². The van der Waals surface area contributed by atoms with Crippen LogP contribution < -0.4 is 0 Å². The Kier molecular flexibility index (Phi) is 5.55. The molecule has 23 heavy (non-hydrogen) atoms. The normalized spacial score (nSPS) is 12.3. The molecule has 1 aromatic carbocycles. The fourth-order valence-corrected chi connectivity index (χ4v) is 2.28. The maximum absolute atomic E-state index is 12.3. The molecule has 0 aliphatic carbocycles. The first kappa shape index (κ1) is 17.2. The molecule has 1 heterocycles. The highest BCUT2D eigenvalue weighted by Crippen LogP contribution is 2.16. The van der Waals surface area contributed by atoms with Crippen LogP contribution in [0.1, 0.15) is 34.2 Å². The van der Waals surface area contributed by atoms with E-state index in [9.17, 15) is 9.59 Å². The van der Waals surface area contributed by atoms with E-state index in [1.54, 1.807) is 31.2 Å². The molecule has 120 valence electrons. The molecular weight excluding hydrogens is 360 g/mol. The molecule has 1 aromatic heterocycles. The summed E-state index contributed by atoms with van der Waals surface area (Å²) in [5.74, 6) is -0.306. The number of halogens is 1. The predicted octanol–water partition coefficient (Wildman–Crippen LogP) is 4.49. The van der Waals surface area contributed by atoms with Crippen molar-refractivity contribution in [1.82, 2.24) is 0 Å². The highest BCUT2D eigenvalue weighted by atomic mass is 79.9. The third-order valence-electron chi connectivity index (χ3n) is 3.43. The standard InChI is InChI=1S/C18H17BrO4/c1-11-4-5-14(10-12(11)2)18(21)13(3)22-17(20)9-7-15-6-8-16(19)23-15/h4-10,13H,1-3H3/b9-7+. The van der Waals surface area contributed by atoms with E-state index in [-0.39, 0.29) is 5.78 Å². The summed E-state index contributed by atoms with van der Waals surface area (Å²) in [5.41, 5.74) is 2.67. The number of carbonyl (C=O) groups is 2. The van der Waals surface area contributed by atoms with Gasteiger partial charge in [0.1, 0.15) is 5.76 Å². The number of esters is 1. The molecule has 0 saturated heterocycles. The summed E-state index contributed by atoms with van der Waals surface area (Å²) in [4.78, 5) is 24.1. The quantitative estimate of drug-likeness (QED) is 0.438. The number of hydrogen-bond acceptors (Lipinski definition) is 4. The summed E-state index contributed by atoms with van der Waals surface area (Å²) >= 11 is 3.17. The fourth-order valence-electron chi connectivity index (χ4n) is 1.96. The predicted molar refractivity (Wildman–Crippen MR) is 91.2 cm³/mol. The minimum Gasteiger partial charge on any atom is -0.451 e. The largest absolute Gasteiger partial charge is 0.451 e. The van der Waals surface area contributed by atoms with Gasteiger partial charge in [0.05, 0.1) is 0 Å². The van der Waals surface area contributed by atoms with Gasteiger partial charge in [-0.05, 0) is 72.1 Å². The van der Waals surface area contributed by atoms with E-state index in [2.05, 4.69) is 15.9 Å². The molecule has 1 atom stereocenters. The number of furan rings is 1. The van der Waals surface area contributed by atoms with Crippen LogP contribution in [-0.4, -0.2) is 17.9 Å². The first-order chi connectivity index (χ1) is 10.9. The minimum absolute atomic E-state index is 0.226. The number of carbonyl (C=O) groups excluding carboxylic acids is 2. The van der Waals surface area contributed by atoms with E-state index in [0.29, 0.717) is 16.0 Å². The van der Waals surface area contributed by atoms with Gasteiger partial charge < -0.3 is 9.15 Å². The SMILES string of the molecule is Cc1ccc(C(=O)C(C)OC(=O)/C=C/c2ccc(Br)o2)cc1C. The lowest BCUT2D eigenvalue weighted by atomic mass is 10.0. The second kappa shape index (κ2) is 7.42. The monoisotopic (exact) mass is 376 g/mol. The number of benzene rings is 1. The van der Waals surface area contributed by atoms with Crippen molar-refractivity contribution in [3.8, 4) is 0 Å². The van der Waals surface area contributed by atoms with Crippen LogP contribution in [0.2, 0.25) is 0 Å². The Morgan fingerprint density at radius 2 is 1.91 bits per heavy atom. The molecule has 2 aromatic rings. The average Bonchev–Trinajstić information content (AvgIpc) is 2.93. The Bertz CT molecular complexity index is 758. The zero-order valence-electron chi connectivity index (χ0n) is 13.1. The van der Waals surface area contributed by atoms with Crippen molar-refractivity contribution in [3.05, 3.63) is 63.5 Å². The van der Waals surface area contributed by atoms with E-state index >= 15 is 0 Å². The molecule has 0 fully saturated rings.